The number of nitrogens with zero attached hydrogens (tertiary/aromatic N) is 1. The molecule has 0 bridgehead atoms. The van der Waals surface area contributed by atoms with Crippen molar-refractivity contribution in [2.24, 2.45) is 0 Å². The number of benzene rings is 1. The molecule has 0 atom stereocenters. The Hall–Kier alpha value is -1.38. The van der Waals surface area contributed by atoms with E-state index in [0.717, 1.165) is 0 Å². The first kappa shape index (κ1) is 7.72. The van der Waals surface area contributed by atoms with Crippen molar-refractivity contribution in [3.63, 3.8) is 0 Å². The molecule has 3 heteroatoms. The normalized spacial score (nSPS) is 9.64. The molecule has 0 amide bonds. The second-order valence-corrected chi connectivity index (χ2v) is 2.52. The van der Waals surface area contributed by atoms with Crippen molar-refractivity contribution in [2.75, 3.05) is 19.0 Å². The van der Waals surface area contributed by atoms with Gasteiger partial charge < -0.3 is 10.0 Å². The van der Waals surface area contributed by atoms with Gasteiger partial charge in [0.25, 0.3) is 0 Å². The smallest absolute Gasteiger partial charge is 0.201 e. The highest BCUT2D eigenvalue weighted by molar-refractivity contribution is 5.59. The largest absolute Gasteiger partial charge is 0.872 e. The summed E-state index contributed by atoms with van der Waals surface area (Å²) in [5.41, 5.74) is 0.442. The first-order chi connectivity index (χ1) is 5.11. The third-order valence-corrected chi connectivity index (χ3v) is 1.41. The van der Waals surface area contributed by atoms with Crippen molar-refractivity contribution < 1.29 is 10.2 Å². The third-order valence-electron chi connectivity index (χ3n) is 1.41. The molecule has 0 aliphatic rings. The van der Waals surface area contributed by atoms with E-state index in [1.54, 1.807) is 19.0 Å². The second-order valence-electron chi connectivity index (χ2n) is 2.52. The molecule has 0 saturated carbocycles. The molecule has 3 nitrogen and oxygen atoms in total. The maximum Gasteiger partial charge on any atom is 0.201 e. The van der Waals surface area contributed by atoms with Gasteiger partial charge in [0.15, 0.2) is 0 Å². The van der Waals surface area contributed by atoms with Crippen molar-refractivity contribution >= 4 is 5.69 Å². The number of hydrogen-bond acceptors (Lipinski definition) is 2. The molecular formula is C8H9NO2-. The first-order valence-corrected chi connectivity index (χ1v) is 3.26. The summed E-state index contributed by atoms with van der Waals surface area (Å²) in [6.07, 6.45) is 0. The highest BCUT2D eigenvalue weighted by atomic mass is 16.3. The SMILES string of the molecule is CN(C)c1cc([O-])ccc1[O]. The van der Waals surface area contributed by atoms with Crippen molar-refractivity contribution in [3.8, 4) is 11.5 Å². The van der Waals surface area contributed by atoms with Gasteiger partial charge >= 0.3 is 0 Å². The minimum Gasteiger partial charge on any atom is -0.872 e. The summed E-state index contributed by atoms with van der Waals surface area (Å²) in [6, 6.07) is 3.90. The van der Waals surface area contributed by atoms with Crippen LogP contribution < -0.4 is 10.0 Å². The van der Waals surface area contributed by atoms with Gasteiger partial charge in [-0.05, 0) is 12.1 Å². The third kappa shape index (κ3) is 1.55. The molecular weight excluding hydrogens is 142 g/mol. The topological polar surface area (TPSA) is 46.2 Å². The molecule has 0 fully saturated rings. The van der Waals surface area contributed by atoms with Gasteiger partial charge in [0.05, 0.1) is 5.69 Å². The molecule has 1 aromatic rings. The lowest BCUT2D eigenvalue weighted by Gasteiger charge is -2.15. The van der Waals surface area contributed by atoms with Crippen LogP contribution in [0.25, 0.3) is 0 Å². The summed E-state index contributed by atoms with van der Waals surface area (Å²) in [7, 11) is 3.46. The Kier molecular flexibility index (Phi) is 1.89. The van der Waals surface area contributed by atoms with Gasteiger partial charge in [0, 0.05) is 14.1 Å². The molecule has 1 rings (SSSR count). The predicted octanol–water partition coefficient (Wildman–Crippen LogP) is 0.970. The van der Waals surface area contributed by atoms with E-state index in [4.69, 9.17) is 0 Å². The molecule has 0 N–H and O–H groups in total. The summed E-state index contributed by atoms with van der Waals surface area (Å²) < 4.78 is 0. The summed E-state index contributed by atoms with van der Waals surface area (Å²) in [4.78, 5) is 1.63. The fourth-order valence-corrected chi connectivity index (χ4v) is 0.847. The van der Waals surface area contributed by atoms with Crippen LogP contribution in [0, 0.1) is 0 Å². The van der Waals surface area contributed by atoms with Crippen molar-refractivity contribution in [1.29, 1.82) is 0 Å². The van der Waals surface area contributed by atoms with Gasteiger partial charge in [-0.3, -0.25) is 5.11 Å². The zero-order chi connectivity index (χ0) is 8.43. The Morgan fingerprint density at radius 1 is 1.36 bits per heavy atom. The summed E-state index contributed by atoms with van der Waals surface area (Å²) >= 11 is 0. The molecule has 0 aliphatic carbocycles. The lowest BCUT2D eigenvalue weighted by atomic mass is 10.2. The zero-order valence-electron chi connectivity index (χ0n) is 6.50. The fourth-order valence-electron chi connectivity index (χ4n) is 0.847. The maximum absolute atomic E-state index is 11.0. The van der Waals surface area contributed by atoms with Gasteiger partial charge in [0.1, 0.15) is 0 Å². The number of anilines is 1. The lowest BCUT2D eigenvalue weighted by Crippen LogP contribution is -2.08. The van der Waals surface area contributed by atoms with Crippen LogP contribution >= 0.6 is 0 Å². The van der Waals surface area contributed by atoms with Crippen molar-refractivity contribution in [3.05, 3.63) is 18.2 Å². The Morgan fingerprint density at radius 2 is 2.00 bits per heavy atom. The van der Waals surface area contributed by atoms with E-state index >= 15 is 0 Å². The van der Waals surface area contributed by atoms with Crippen LogP contribution in [0.4, 0.5) is 5.69 Å². The van der Waals surface area contributed by atoms with Crippen LogP contribution in [0.15, 0.2) is 18.2 Å². The maximum atomic E-state index is 11.0. The van der Waals surface area contributed by atoms with Gasteiger partial charge in [0.2, 0.25) is 5.75 Å². The van der Waals surface area contributed by atoms with E-state index in [2.05, 4.69) is 0 Å². The molecule has 0 spiro atoms. The van der Waals surface area contributed by atoms with E-state index in [1.807, 2.05) is 0 Å². The molecule has 0 unspecified atom stereocenters. The molecule has 0 aliphatic heterocycles. The fraction of sp³-hybridized carbons (Fsp3) is 0.250. The number of hydrogen-bond donors (Lipinski definition) is 0. The van der Waals surface area contributed by atoms with Crippen LogP contribution in [-0.4, -0.2) is 14.1 Å². The Morgan fingerprint density at radius 3 is 2.45 bits per heavy atom. The summed E-state index contributed by atoms with van der Waals surface area (Å²) in [5, 5.41) is 21.8. The molecule has 0 aromatic heterocycles. The molecule has 1 radical (unpaired) electrons. The predicted molar refractivity (Wildman–Crippen MR) is 40.3 cm³/mol. The molecule has 11 heavy (non-hydrogen) atoms. The standard InChI is InChI=1S/C8H10NO2/c1-9(2)7-5-6(10)3-4-8(7)11/h3-5,10H,1-2H3/p-1. The Bertz CT molecular complexity index is 258. The van der Waals surface area contributed by atoms with Crippen molar-refractivity contribution in [1.82, 2.24) is 0 Å². The van der Waals surface area contributed by atoms with Crippen LogP contribution in [-0.2, 0) is 5.11 Å². The average Bonchev–Trinajstić information content (AvgIpc) is 1.94. The average molecular weight is 151 g/mol. The highest BCUT2D eigenvalue weighted by Gasteiger charge is 2.01. The number of rotatable bonds is 1. The Labute approximate surface area is 65.5 Å². The van der Waals surface area contributed by atoms with Gasteiger partial charge in [-0.25, -0.2) is 0 Å². The van der Waals surface area contributed by atoms with E-state index in [0.29, 0.717) is 5.69 Å². The van der Waals surface area contributed by atoms with Gasteiger partial charge in [-0.2, -0.15) is 0 Å². The van der Waals surface area contributed by atoms with Gasteiger partial charge in [-0.15, -0.1) is 5.75 Å². The van der Waals surface area contributed by atoms with E-state index in [9.17, 15) is 10.2 Å². The monoisotopic (exact) mass is 151 g/mol. The van der Waals surface area contributed by atoms with Crippen LogP contribution in [0.3, 0.4) is 0 Å². The molecule has 1 aromatic carbocycles. The first-order valence-electron chi connectivity index (χ1n) is 3.26. The molecule has 0 heterocycles. The lowest BCUT2D eigenvalue weighted by molar-refractivity contribution is -0.268. The van der Waals surface area contributed by atoms with Crippen LogP contribution in [0.2, 0.25) is 0 Å². The summed E-state index contributed by atoms with van der Waals surface area (Å²) in [5.74, 6) is -0.247. The van der Waals surface area contributed by atoms with Crippen LogP contribution in [0.5, 0.6) is 11.5 Å². The van der Waals surface area contributed by atoms with E-state index < -0.39 is 0 Å². The molecule has 59 valence electrons. The van der Waals surface area contributed by atoms with Crippen LogP contribution in [0.1, 0.15) is 0 Å². The van der Waals surface area contributed by atoms with E-state index in [-0.39, 0.29) is 11.5 Å². The van der Waals surface area contributed by atoms with Gasteiger partial charge in [-0.1, -0.05) is 6.07 Å². The zero-order valence-corrected chi connectivity index (χ0v) is 6.50. The molecule has 0 saturated heterocycles. The highest BCUT2D eigenvalue weighted by Crippen LogP contribution is 2.28. The quantitative estimate of drug-likeness (QED) is 0.600. The minimum atomic E-state index is -0.131. The minimum absolute atomic E-state index is 0.116. The Balaban J connectivity index is 3.13. The second kappa shape index (κ2) is 2.70. The van der Waals surface area contributed by atoms with Crippen molar-refractivity contribution in [2.45, 2.75) is 0 Å². The summed E-state index contributed by atoms with van der Waals surface area (Å²) in [6.45, 7) is 0. The van der Waals surface area contributed by atoms with E-state index in [1.165, 1.54) is 18.2 Å².